The van der Waals surface area contributed by atoms with Gasteiger partial charge in [-0.2, -0.15) is 0 Å². The Morgan fingerprint density at radius 2 is 2.08 bits per heavy atom. The number of furan rings is 1. The van der Waals surface area contributed by atoms with Crippen LogP contribution in [0.3, 0.4) is 0 Å². The number of carbonyl (C=O) groups is 2. The standard InChI is InChI=1S/C17H11N3O3S/c1-9-2-3-10(7-19-9)13-8-18-6-11-4-12(23-15(11)13)5-14-16(21)20-17(22)24-14/h2-8H,1H3,(H,20,21,22). The van der Waals surface area contributed by atoms with Crippen molar-refractivity contribution in [3.05, 3.63) is 53.1 Å². The second-order valence-electron chi connectivity index (χ2n) is 5.29. The Hall–Kier alpha value is -2.93. The van der Waals surface area contributed by atoms with Crippen molar-refractivity contribution in [1.82, 2.24) is 15.3 Å². The Kier molecular flexibility index (Phi) is 3.42. The quantitative estimate of drug-likeness (QED) is 0.720. The molecule has 3 aromatic heterocycles. The number of nitrogens with zero attached hydrogens (tertiary/aromatic N) is 2. The molecule has 2 amide bonds. The average molecular weight is 337 g/mol. The van der Waals surface area contributed by atoms with Crippen LogP contribution >= 0.6 is 11.8 Å². The Bertz CT molecular complexity index is 1010. The maximum atomic E-state index is 11.6. The Morgan fingerprint density at radius 3 is 2.79 bits per heavy atom. The van der Waals surface area contributed by atoms with Crippen LogP contribution in [0.2, 0.25) is 0 Å². The number of aryl methyl sites for hydroxylation is 1. The molecule has 0 spiro atoms. The molecule has 118 valence electrons. The van der Waals surface area contributed by atoms with Gasteiger partial charge < -0.3 is 4.42 Å². The molecule has 1 N–H and O–H groups in total. The summed E-state index contributed by atoms with van der Waals surface area (Å²) in [6, 6.07) is 5.67. The maximum absolute atomic E-state index is 11.6. The molecule has 0 aromatic carbocycles. The van der Waals surface area contributed by atoms with E-state index in [0.29, 0.717) is 16.2 Å². The van der Waals surface area contributed by atoms with Crippen molar-refractivity contribution in [2.45, 2.75) is 6.92 Å². The normalized spacial score (nSPS) is 16.1. The first-order chi connectivity index (χ1) is 11.6. The maximum Gasteiger partial charge on any atom is 0.290 e. The van der Waals surface area contributed by atoms with E-state index in [2.05, 4.69) is 15.3 Å². The van der Waals surface area contributed by atoms with Crippen LogP contribution < -0.4 is 5.32 Å². The minimum absolute atomic E-state index is 0.311. The molecule has 6 nitrogen and oxygen atoms in total. The number of hydrogen-bond donors (Lipinski definition) is 1. The van der Waals surface area contributed by atoms with Crippen molar-refractivity contribution in [1.29, 1.82) is 0 Å². The third-order valence-corrected chi connectivity index (χ3v) is 4.39. The molecule has 7 heteroatoms. The summed E-state index contributed by atoms with van der Waals surface area (Å²) in [6.07, 6.45) is 6.74. The lowest BCUT2D eigenvalue weighted by Crippen LogP contribution is -2.17. The average Bonchev–Trinajstić information content (AvgIpc) is 3.10. The van der Waals surface area contributed by atoms with Gasteiger partial charge in [-0.25, -0.2) is 0 Å². The van der Waals surface area contributed by atoms with Crippen LogP contribution in [0.15, 0.2) is 46.1 Å². The number of thioether (sulfide) groups is 1. The zero-order valence-corrected chi connectivity index (χ0v) is 13.4. The van der Waals surface area contributed by atoms with Crippen molar-refractivity contribution in [2.75, 3.05) is 0 Å². The lowest BCUT2D eigenvalue weighted by molar-refractivity contribution is -0.115. The van der Waals surface area contributed by atoms with Gasteiger partial charge in [0.2, 0.25) is 0 Å². The number of imide groups is 1. The van der Waals surface area contributed by atoms with Crippen LogP contribution in [0.25, 0.3) is 28.2 Å². The lowest BCUT2D eigenvalue weighted by atomic mass is 10.1. The van der Waals surface area contributed by atoms with E-state index in [-0.39, 0.29) is 5.24 Å². The molecule has 0 saturated carbocycles. The summed E-state index contributed by atoms with van der Waals surface area (Å²) >= 11 is 0.856. The van der Waals surface area contributed by atoms with E-state index in [1.807, 2.05) is 19.1 Å². The molecular formula is C17H11N3O3S. The minimum atomic E-state index is -0.411. The van der Waals surface area contributed by atoms with Gasteiger partial charge in [0.25, 0.3) is 11.1 Å². The van der Waals surface area contributed by atoms with Crippen LogP contribution in [-0.2, 0) is 4.79 Å². The predicted octanol–water partition coefficient (Wildman–Crippen LogP) is 3.52. The molecule has 0 bridgehead atoms. The number of pyridine rings is 2. The Morgan fingerprint density at radius 1 is 1.21 bits per heavy atom. The predicted molar refractivity (Wildman–Crippen MR) is 91.1 cm³/mol. The fourth-order valence-corrected chi connectivity index (χ4v) is 3.10. The summed E-state index contributed by atoms with van der Waals surface area (Å²) in [4.78, 5) is 31.7. The largest absolute Gasteiger partial charge is 0.456 e. The highest BCUT2D eigenvalue weighted by atomic mass is 32.2. The van der Waals surface area contributed by atoms with Gasteiger partial charge in [-0.1, -0.05) is 6.07 Å². The molecule has 0 unspecified atom stereocenters. The van der Waals surface area contributed by atoms with Gasteiger partial charge in [-0.3, -0.25) is 24.9 Å². The molecule has 1 fully saturated rings. The summed E-state index contributed by atoms with van der Waals surface area (Å²) in [6.45, 7) is 1.92. The van der Waals surface area contributed by atoms with E-state index in [4.69, 9.17) is 4.42 Å². The molecule has 1 aliphatic heterocycles. The van der Waals surface area contributed by atoms with Gasteiger partial charge in [0.05, 0.1) is 4.91 Å². The van der Waals surface area contributed by atoms with Crippen molar-refractivity contribution in [2.24, 2.45) is 0 Å². The van der Waals surface area contributed by atoms with Gasteiger partial charge in [0, 0.05) is 46.9 Å². The number of amides is 2. The van der Waals surface area contributed by atoms with Crippen LogP contribution in [0.5, 0.6) is 0 Å². The van der Waals surface area contributed by atoms with Gasteiger partial charge in [0.15, 0.2) is 0 Å². The monoisotopic (exact) mass is 337 g/mol. The number of carbonyl (C=O) groups excluding carboxylic acids is 2. The molecule has 24 heavy (non-hydrogen) atoms. The number of nitrogens with one attached hydrogen (secondary N) is 1. The fourth-order valence-electron chi connectivity index (χ4n) is 2.44. The highest BCUT2D eigenvalue weighted by Crippen LogP contribution is 2.32. The number of aromatic nitrogens is 2. The fraction of sp³-hybridized carbons (Fsp3) is 0.0588. The summed E-state index contributed by atoms with van der Waals surface area (Å²) in [5, 5.41) is 2.65. The number of fused-ring (bicyclic) bond motifs is 1. The summed E-state index contributed by atoms with van der Waals surface area (Å²) in [5.74, 6) is 0.0817. The van der Waals surface area contributed by atoms with E-state index < -0.39 is 5.91 Å². The highest BCUT2D eigenvalue weighted by molar-refractivity contribution is 8.18. The second-order valence-corrected chi connectivity index (χ2v) is 6.31. The Balaban J connectivity index is 1.80. The topological polar surface area (TPSA) is 85.1 Å². The van der Waals surface area contributed by atoms with Crippen molar-refractivity contribution in [3.8, 4) is 11.1 Å². The van der Waals surface area contributed by atoms with Crippen LogP contribution in [0.4, 0.5) is 4.79 Å². The first-order valence-electron chi connectivity index (χ1n) is 7.15. The van der Waals surface area contributed by atoms with Crippen LogP contribution in [-0.4, -0.2) is 21.1 Å². The molecule has 3 aromatic rings. The van der Waals surface area contributed by atoms with Crippen molar-refractivity contribution >= 4 is 40.0 Å². The molecular weight excluding hydrogens is 326 g/mol. The highest BCUT2D eigenvalue weighted by Gasteiger charge is 2.25. The van der Waals surface area contributed by atoms with E-state index in [0.717, 1.165) is 34.0 Å². The van der Waals surface area contributed by atoms with Gasteiger partial charge in [-0.05, 0) is 30.8 Å². The molecule has 4 heterocycles. The Labute approximate surface area is 141 Å². The van der Waals surface area contributed by atoms with Crippen molar-refractivity contribution in [3.63, 3.8) is 0 Å². The molecule has 0 radical (unpaired) electrons. The molecule has 1 saturated heterocycles. The van der Waals surface area contributed by atoms with Crippen LogP contribution in [0, 0.1) is 6.92 Å². The number of rotatable bonds is 2. The third kappa shape index (κ3) is 2.59. The minimum Gasteiger partial charge on any atom is -0.456 e. The van der Waals surface area contributed by atoms with Crippen molar-refractivity contribution < 1.29 is 14.0 Å². The van der Waals surface area contributed by atoms with Crippen LogP contribution in [0.1, 0.15) is 11.5 Å². The zero-order chi connectivity index (χ0) is 16.7. The van der Waals surface area contributed by atoms with E-state index in [1.54, 1.807) is 30.7 Å². The molecule has 1 aliphatic rings. The van der Waals surface area contributed by atoms with E-state index in [1.165, 1.54) is 0 Å². The van der Waals surface area contributed by atoms with Gasteiger partial charge in [0.1, 0.15) is 11.3 Å². The lowest BCUT2D eigenvalue weighted by Gasteiger charge is -2.01. The number of hydrogen-bond acceptors (Lipinski definition) is 6. The van der Waals surface area contributed by atoms with Gasteiger partial charge >= 0.3 is 0 Å². The van der Waals surface area contributed by atoms with E-state index >= 15 is 0 Å². The summed E-state index contributed by atoms with van der Waals surface area (Å²) < 4.78 is 5.88. The second kappa shape index (κ2) is 5.61. The first kappa shape index (κ1) is 14.6. The smallest absolute Gasteiger partial charge is 0.290 e. The first-order valence-corrected chi connectivity index (χ1v) is 7.97. The molecule has 4 rings (SSSR count). The molecule has 0 atom stereocenters. The summed E-state index contributed by atoms with van der Waals surface area (Å²) in [7, 11) is 0. The third-order valence-electron chi connectivity index (χ3n) is 3.58. The molecule has 0 aliphatic carbocycles. The zero-order valence-electron chi connectivity index (χ0n) is 12.6. The van der Waals surface area contributed by atoms with E-state index in [9.17, 15) is 9.59 Å². The SMILES string of the molecule is Cc1ccc(-c2cncc3cc(C=C4SC(=O)NC4=O)oc23)cn1. The summed E-state index contributed by atoms with van der Waals surface area (Å²) in [5.41, 5.74) is 3.31. The van der Waals surface area contributed by atoms with Gasteiger partial charge in [-0.15, -0.1) is 0 Å².